The molecule has 0 saturated carbocycles. The lowest BCUT2D eigenvalue weighted by molar-refractivity contribution is -0.142. The van der Waals surface area contributed by atoms with E-state index in [4.69, 9.17) is 16.3 Å². The molecule has 3 aromatic rings. The van der Waals surface area contributed by atoms with Gasteiger partial charge in [-0.15, -0.1) is 0 Å². The number of hydrogen-bond acceptors (Lipinski definition) is 3. The van der Waals surface area contributed by atoms with E-state index in [2.05, 4.69) is 5.32 Å². The van der Waals surface area contributed by atoms with E-state index in [0.717, 1.165) is 11.1 Å². The molecule has 3 rings (SSSR count). The number of nitrogens with one attached hydrogen (secondary N) is 1. The summed E-state index contributed by atoms with van der Waals surface area (Å²) in [5.74, 6) is -0.476. The molecule has 7 heteroatoms. The van der Waals surface area contributed by atoms with Gasteiger partial charge in [0.1, 0.15) is 17.6 Å². The molecule has 178 valence electrons. The summed E-state index contributed by atoms with van der Waals surface area (Å²) in [6.07, 6.45) is 0.333. The van der Waals surface area contributed by atoms with Crippen LogP contribution in [0.3, 0.4) is 0 Å². The molecule has 0 spiro atoms. The fourth-order valence-corrected chi connectivity index (χ4v) is 3.69. The fraction of sp³-hybridized carbons (Fsp3) is 0.259. The molecule has 1 atom stereocenters. The Kier molecular flexibility index (Phi) is 9.05. The average molecular weight is 483 g/mol. The molecule has 0 aliphatic rings. The Balaban J connectivity index is 1.88. The van der Waals surface area contributed by atoms with Crippen LogP contribution in [0.1, 0.15) is 23.6 Å². The van der Waals surface area contributed by atoms with Gasteiger partial charge in [0.15, 0.2) is 6.61 Å². The molecular weight excluding hydrogens is 455 g/mol. The second-order valence-corrected chi connectivity index (χ2v) is 8.36. The van der Waals surface area contributed by atoms with Crippen molar-refractivity contribution in [2.45, 2.75) is 32.9 Å². The molecular formula is C27H28ClFN2O3. The zero-order valence-corrected chi connectivity index (χ0v) is 20.0. The molecule has 2 amide bonds. The first-order valence-electron chi connectivity index (χ1n) is 11.1. The van der Waals surface area contributed by atoms with Crippen LogP contribution in [0.2, 0.25) is 5.02 Å². The minimum Gasteiger partial charge on any atom is -0.484 e. The highest BCUT2D eigenvalue weighted by atomic mass is 35.5. The number of carbonyl (C=O) groups excluding carboxylic acids is 2. The van der Waals surface area contributed by atoms with Crippen molar-refractivity contribution < 1.29 is 18.7 Å². The van der Waals surface area contributed by atoms with Gasteiger partial charge in [0, 0.05) is 24.5 Å². The second-order valence-electron chi connectivity index (χ2n) is 7.95. The zero-order chi connectivity index (χ0) is 24.5. The summed E-state index contributed by atoms with van der Waals surface area (Å²) in [7, 11) is 0. The van der Waals surface area contributed by atoms with Gasteiger partial charge in [0.2, 0.25) is 5.91 Å². The number of rotatable bonds is 10. The SMILES string of the molecule is CCNC(=O)[C@@H](Cc1ccccc1)N(Cc1ccc(F)cc1)C(=O)COc1ccc(Cl)c(C)c1. The van der Waals surface area contributed by atoms with E-state index in [1.807, 2.05) is 44.2 Å². The topological polar surface area (TPSA) is 58.6 Å². The van der Waals surface area contributed by atoms with Crippen LogP contribution in [0.5, 0.6) is 5.75 Å². The maximum absolute atomic E-state index is 13.5. The maximum Gasteiger partial charge on any atom is 0.261 e. The summed E-state index contributed by atoms with van der Waals surface area (Å²) in [6, 6.07) is 19.8. The van der Waals surface area contributed by atoms with Gasteiger partial charge in [-0.3, -0.25) is 9.59 Å². The number of ether oxygens (including phenoxy) is 1. The quantitative estimate of drug-likeness (QED) is 0.445. The van der Waals surface area contributed by atoms with Gasteiger partial charge < -0.3 is 15.0 Å². The molecule has 0 heterocycles. The summed E-state index contributed by atoms with van der Waals surface area (Å²) < 4.78 is 19.2. The minimum atomic E-state index is -0.768. The fourth-order valence-electron chi connectivity index (χ4n) is 3.57. The summed E-state index contributed by atoms with van der Waals surface area (Å²) in [5.41, 5.74) is 2.46. The predicted octanol–water partition coefficient (Wildman–Crippen LogP) is 4.94. The van der Waals surface area contributed by atoms with E-state index in [1.165, 1.54) is 17.0 Å². The first kappa shape index (κ1) is 25.2. The zero-order valence-electron chi connectivity index (χ0n) is 19.3. The molecule has 0 saturated heterocycles. The van der Waals surface area contributed by atoms with Gasteiger partial charge in [-0.05, 0) is 60.9 Å². The Labute approximate surface area is 204 Å². The summed E-state index contributed by atoms with van der Waals surface area (Å²) in [5, 5.41) is 3.44. The van der Waals surface area contributed by atoms with E-state index >= 15 is 0 Å². The van der Waals surface area contributed by atoms with Gasteiger partial charge in [0.05, 0.1) is 0 Å². The van der Waals surface area contributed by atoms with Crippen molar-refractivity contribution in [3.63, 3.8) is 0 Å². The van der Waals surface area contributed by atoms with Crippen LogP contribution in [-0.4, -0.2) is 35.9 Å². The number of amides is 2. The van der Waals surface area contributed by atoms with E-state index in [1.54, 1.807) is 30.3 Å². The molecule has 0 aliphatic carbocycles. The molecule has 3 aromatic carbocycles. The van der Waals surface area contributed by atoms with Crippen LogP contribution in [0.4, 0.5) is 4.39 Å². The number of carbonyl (C=O) groups is 2. The van der Waals surface area contributed by atoms with Crippen molar-refractivity contribution in [2.75, 3.05) is 13.2 Å². The lowest BCUT2D eigenvalue weighted by atomic mass is 10.0. The Morgan fingerprint density at radius 3 is 2.38 bits per heavy atom. The molecule has 0 bridgehead atoms. The average Bonchev–Trinajstić information content (AvgIpc) is 2.84. The molecule has 5 nitrogen and oxygen atoms in total. The lowest BCUT2D eigenvalue weighted by Crippen LogP contribution is -2.51. The van der Waals surface area contributed by atoms with Gasteiger partial charge in [-0.25, -0.2) is 4.39 Å². The molecule has 0 unspecified atom stereocenters. The second kappa shape index (κ2) is 12.2. The third-order valence-corrected chi connectivity index (χ3v) is 5.80. The smallest absolute Gasteiger partial charge is 0.261 e. The standard InChI is InChI=1S/C27H28ClFN2O3/c1-3-30-27(33)25(16-20-7-5-4-6-8-20)31(17-21-9-11-22(29)12-10-21)26(32)18-34-23-13-14-24(28)19(2)15-23/h4-15,25H,3,16-18H2,1-2H3,(H,30,33)/t25-/m1/s1. The number of likely N-dealkylation sites (N-methyl/N-ethyl adjacent to an activating group) is 1. The Morgan fingerprint density at radius 1 is 1.03 bits per heavy atom. The Hall–Kier alpha value is -3.38. The van der Waals surface area contributed by atoms with Crippen LogP contribution in [0.15, 0.2) is 72.8 Å². The summed E-state index contributed by atoms with van der Waals surface area (Å²) >= 11 is 6.08. The first-order chi connectivity index (χ1) is 16.4. The van der Waals surface area contributed by atoms with Crippen molar-refractivity contribution in [2.24, 2.45) is 0 Å². The van der Waals surface area contributed by atoms with Crippen LogP contribution >= 0.6 is 11.6 Å². The van der Waals surface area contributed by atoms with Gasteiger partial charge in [0.25, 0.3) is 5.91 Å². The summed E-state index contributed by atoms with van der Waals surface area (Å²) in [6.45, 7) is 3.99. The van der Waals surface area contributed by atoms with Crippen molar-refractivity contribution in [3.05, 3.63) is 100 Å². The van der Waals surface area contributed by atoms with Crippen molar-refractivity contribution in [1.82, 2.24) is 10.2 Å². The molecule has 1 N–H and O–H groups in total. The highest BCUT2D eigenvalue weighted by Gasteiger charge is 2.30. The molecule has 0 aliphatic heterocycles. The highest BCUT2D eigenvalue weighted by molar-refractivity contribution is 6.31. The third kappa shape index (κ3) is 7.06. The number of halogens is 2. The minimum absolute atomic E-state index is 0.136. The Morgan fingerprint density at radius 2 is 1.74 bits per heavy atom. The van der Waals surface area contributed by atoms with Crippen LogP contribution in [0.25, 0.3) is 0 Å². The highest BCUT2D eigenvalue weighted by Crippen LogP contribution is 2.22. The van der Waals surface area contributed by atoms with E-state index in [9.17, 15) is 14.0 Å². The van der Waals surface area contributed by atoms with Gasteiger partial charge in [-0.1, -0.05) is 54.1 Å². The van der Waals surface area contributed by atoms with Crippen LogP contribution in [0, 0.1) is 12.7 Å². The van der Waals surface area contributed by atoms with Crippen molar-refractivity contribution in [1.29, 1.82) is 0 Å². The van der Waals surface area contributed by atoms with Gasteiger partial charge >= 0.3 is 0 Å². The number of nitrogens with zero attached hydrogens (tertiary/aromatic N) is 1. The summed E-state index contributed by atoms with van der Waals surface area (Å²) in [4.78, 5) is 28.0. The largest absolute Gasteiger partial charge is 0.484 e. The molecule has 0 radical (unpaired) electrons. The normalized spacial score (nSPS) is 11.5. The Bertz CT molecular complexity index is 1110. The number of benzene rings is 3. The predicted molar refractivity (Wildman–Crippen MR) is 131 cm³/mol. The number of hydrogen-bond donors (Lipinski definition) is 1. The third-order valence-electron chi connectivity index (χ3n) is 5.38. The van der Waals surface area contributed by atoms with Crippen molar-refractivity contribution in [3.8, 4) is 5.75 Å². The molecule has 34 heavy (non-hydrogen) atoms. The van der Waals surface area contributed by atoms with E-state index < -0.39 is 6.04 Å². The van der Waals surface area contributed by atoms with Gasteiger partial charge in [-0.2, -0.15) is 0 Å². The molecule has 0 fully saturated rings. The van der Waals surface area contributed by atoms with Crippen molar-refractivity contribution >= 4 is 23.4 Å². The maximum atomic E-state index is 13.5. The van der Waals surface area contributed by atoms with E-state index in [-0.39, 0.29) is 30.8 Å². The first-order valence-corrected chi connectivity index (χ1v) is 11.5. The number of aryl methyl sites for hydroxylation is 1. The van der Waals surface area contributed by atoms with Crippen LogP contribution < -0.4 is 10.1 Å². The van der Waals surface area contributed by atoms with E-state index in [0.29, 0.717) is 29.3 Å². The lowest BCUT2D eigenvalue weighted by Gasteiger charge is -2.31. The molecule has 0 aromatic heterocycles. The van der Waals surface area contributed by atoms with Crippen LogP contribution in [-0.2, 0) is 22.6 Å². The monoisotopic (exact) mass is 482 g/mol.